The second-order valence-electron chi connectivity index (χ2n) is 3.67. The number of ether oxygens (including phenoxy) is 2. The Balaban J connectivity index is 2.46. The van der Waals surface area contributed by atoms with Crippen LogP contribution in [-0.4, -0.2) is 23.8 Å². The average molecular weight is 233 g/mol. The molecular formula is C12H15N3O2. The number of nitrogens with two attached hydrogens (primary N) is 1. The molecule has 0 spiro atoms. The minimum absolute atomic E-state index is 0.481. The zero-order chi connectivity index (χ0) is 12.4. The molecule has 1 aromatic heterocycles. The van der Waals surface area contributed by atoms with Crippen molar-refractivity contribution in [2.24, 2.45) is 7.05 Å². The summed E-state index contributed by atoms with van der Waals surface area (Å²) < 4.78 is 12.2. The van der Waals surface area contributed by atoms with Crippen molar-refractivity contribution in [3.63, 3.8) is 0 Å². The van der Waals surface area contributed by atoms with Gasteiger partial charge in [-0.25, -0.2) is 4.98 Å². The molecule has 2 rings (SSSR count). The zero-order valence-electron chi connectivity index (χ0n) is 10.1. The maximum Gasteiger partial charge on any atom is 0.200 e. The van der Waals surface area contributed by atoms with E-state index in [-0.39, 0.29) is 0 Å². The fourth-order valence-corrected chi connectivity index (χ4v) is 1.62. The van der Waals surface area contributed by atoms with Gasteiger partial charge in [-0.15, -0.1) is 0 Å². The Hall–Kier alpha value is -2.17. The van der Waals surface area contributed by atoms with E-state index in [9.17, 15) is 0 Å². The quantitative estimate of drug-likeness (QED) is 0.876. The predicted octanol–water partition coefficient (Wildman–Crippen LogP) is 1.69. The molecule has 0 aliphatic heterocycles. The van der Waals surface area contributed by atoms with Crippen LogP contribution in [0.5, 0.6) is 11.5 Å². The van der Waals surface area contributed by atoms with Crippen molar-refractivity contribution in [1.82, 2.24) is 9.55 Å². The smallest absolute Gasteiger partial charge is 0.200 e. The molecule has 0 unspecified atom stereocenters. The van der Waals surface area contributed by atoms with Gasteiger partial charge in [-0.05, 0) is 18.2 Å². The maximum atomic E-state index is 5.70. The Kier molecular flexibility index (Phi) is 2.91. The Morgan fingerprint density at radius 3 is 2.41 bits per heavy atom. The number of hydrogen-bond acceptors (Lipinski definition) is 4. The van der Waals surface area contributed by atoms with Gasteiger partial charge in [0.25, 0.3) is 0 Å². The summed E-state index contributed by atoms with van der Waals surface area (Å²) in [6.07, 6.45) is 1.87. The summed E-state index contributed by atoms with van der Waals surface area (Å²) >= 11 is 0. The molecule has 90 valence electrons. The van der Waals surface area contributed by atoms with E-state index < -0.39 is 0 Å². The molecule has 1 aromatic carbocycles. The number of nitrogens with zero attached hydrogens (tertiary/aromatic N) is 2. The van der Waals surface area contributed by atoms with Crippen molar-refractivity contribution in [2.75, 3.05) is 20.0 Å². The fourth-order valence-electron chi connectivity index (χ4n) is 1.62. The highest BCUT2D eigenvalue weighted by atomic mass is 16.5. The number of aryl methyl sites for hydroxylation is 1. The summed E-state index contributed by atoms with van der Waals surface area (Å²) in [7, 11) is 5.07. The standard InChI is InChI=1S/C12H15N3O2/c1-15-7-9(14-12(15)13)8-4-5-10(16-2)11(6-8)17-3/h4-7H,1-3H3,(H2,13,14). The van der Waals surface area contributed by atoms with Gasteiger partial charge in [-0.3, -0.25) is 0 Å². The molecule has 17 heavy (non-hydrogen) atoms. The van der Waals surface area contributed by atoms with Crippen molar-refractivity contribution in [1.29, 1.82) is 0 Å². The van der Waals surface area contributed by atoms with Gasteiger partial charge in [0.1, 0.15) is 0 Å². The molecule has 5 heteroatoms. The number of nitrogen functional groups attached to an aromatic ring is 1. The van der Waals surface area contributed by atoms with Crippen LogP contribution in [0.2, 0.25) is 0 Å². The van der Waals surface area contributed by atoms with Gasteiger partial charge < -0.3 is 19.8 Å². The molecule has 0 radical (unpaired) electrons. The highest BCUT2D eigenvalue weighted by molar-refractivity contribution is 5.64. The van der Waals surface area contributed by atoms with Gasteiger partial charge in [0, 0.05) is 18.8 Å². The van der Waals surface area contributed by atoms with Crippen LogP contribution < -0.4 is 15.2 Å². The van der Waals surface area contributed by atoms with E-state index in [1.165, 1.54) is 0 Å². The Morgan fingerprint density at radius 2 is 1.88 bits per heavy atom. The summed E-state index contributed by atoms with van der Waals surface area (Å²) in [6.45, 7) is 0. The lowest BCUT2D eigenvalue weighted by Crippen LogP contribution is -1.94. The van der Waals surface area contributed by atoms with Crippen LogP contribution in [0.15, 0.2) is 24.4 Å². The molecule has 0 saturated heterocycles. The minimum Gasteiger partial charge on any atom is -0.493 e. The zero-order valence-corrected chi connectivity index (χ0v) is 10.1. The first-order chi connectivity index (χ1) is 8.15. The third-order valence-corrected chi connectivity index (χ3v) is 2.59. The molecule has 0 atom stereocenters. The van der Waals surface area contributed by atoms with Crippen molar-refractivity contribution in [3.8, 4) is 22.8 Å². The van der Waals surface area contributed by atoms with E-state index in [1.807, 2.05) is 31.4 Å². The van der Waals surface area contributed by atoms with Crippen LogP contribution in [0.1, 0.15) is 0 Å². The summed E-state index contributed by atoms with van der Waals surface area (Å²) in [5, 5.41) is 0. The van der Waals surface area contributed by atoms with Crippen LogP contribution in [-0.2, 0) is 7.05 Å². The monoisotopic (exact) mass is 233 g/mol. The maximum absolute atomic E-state index is 5.70. The summed E-state index contributed by atoms with van der Waals surface area (Å²) in [5.74, 6) is 1.85. The van der Waals surface area contributed by atoms with Crippen molar-refractivity contribution in [3.05, 3.63) is 24.4 Å². The molecule has 1 heterocycles. The van der Waals surface area contributed by atoms with Gasteiger partial charge in [0.05, 0.1) is 19.9 Å². The minimum atomic E-state index is 0.481. The highest BCUT2D eigenvalue weighted by Gasteiger charge is 2.09. The van der Waals surface area contributed by atoms with Gasteiger partial charge in [-0.2, -0.15) is 0 Å². The summed E-state index contributed by atoms with van der Waals surface area (Å²) in [5.41, 5.74) is 7.45. The van der Waals surface area contributed by atoms with E-state index in [4.69, 9.17) is 15.2 Å². The first-order valence-corrected chi connectivity index (χ1v) is 5.17. The Bertz CT molecular complexity index is 515. The molecule has 5 nitrogen and oxygen atoms in total. The van der Waals surface area contributed by atoms with Crippen molar-refractivity contribution >= 4 is 5.95 Å². The number of aromatic nitrogens is 2. The Labute approximate surface area is 99.8 Å². The average Bonchev–Trinajstić information content (AvgIpc) is 2.68. The summed E-state index contributed by atoms with van der Waals surface area (Å²) in [6, 6.07) is 5.64. The SMILES string of the molecule is COc1ccc(-c2cn(C)c(N)n2)cc1OC. The molecule has 2 aromatic rings. The molecule has 0 amide bonds. The predicted molar refractivity (Wildman–Crippen MR) is 66.2 cm³/mol. The second-order valence-corrected chi connectivity index (χ2v) is 3.67. The molecule has 2 N–H and O–H groups in total. The molecule has 0 aliphatic rings. The molecule has 0 bridgehead atoms. The largest absolute Gasteiger partial charge is 0.493 e. The van der Waals surface area contributed by atoms with Gasteiger partial charge in [0.2, 0.25) is 0 Å². The lowest BCUT2D eigenvalue weighted by atomic mass is 10.1. The normalized spacial score (nSPS) is 10.3. The first-order valence-electron chi connectivity index (χ1n) is 5.17. The molecule has 0 saturated carbocycles. The Morgan fingerprint density at radius 1 is 1.18 bits per heavy atom. The van der Waals surface area contributed by atoms with Gasteiger partial charge in [-0.1, -0.05) is 0 Å². The van der Waals surface area contributed by atoms with Crippen LogP contribution >= 0.6 is 0 Å². The number of benzene rings is 1. The molecule has 0 aliphatic carbocycles. The van der Waals surface area contributed by atoms with Gasteiger partial charge in [0.15, 0.2) is 17.4 Å². The van der Waals surface area contributed by atoms with Crippen LogP contribution in [0.25, 0.3) is 11.3 Å². The molecule has 0 fully saturated rings. The van der Waals surface area contributed by atoms with E-state index in [1.54, 1.807) is 18.8 Å². The highest BCUT2D eigenvalue weighted by Crippen LogP contribution is 2.31. The number of imidazole rings is 1. The summed E-state index contributed by atoms with van der Waals surface area (Å²) in [4.78, 5) is 4.26. The van der Waals surface area contributed by atoms with E-state index in [0.29, 0.717) is 17.4 Å². The van der Waals surface area contributed by atoms with Crippen molar-refractivity contribution < 1.29 is 9.47 Å². The van der Waals surface area contributed by atoms with Gasteiger partial charge >= 0.3 is 0 Å². The van der Waals surface area contributed by atoms with Crippen LogP contribution in [0.4, 0.5) is 5.95 Å². The van der Waals surface area contributed by atoms with E-state index in [2.05, 4.69) is 4.98 Å². The number of hydrogen-bond donors (Lipinski definition) is 1. The number of rotatable bonds is 3. The first kappa shape index (κ1) is 11.3. The third-order valence-electron chi connectivity index (χ3n) is 2.59. The van der Waals surface area contributed by atoms with Crippen LogP contribution in [0, 0.1) is 0 Å². The lowest BCUT2D eigenvalue weighted by Gasteiger charge is -2.08. The lowest BCUT2D eigenvalue weighted by molar-refractivity contribution is 0.355. The van der Waals surface area contributed by atoms with Crippen molar-refractivity contribution in [2.45, 2.75) is 0 Å². The number of anilines is 1. The van der Waals surface area contributed by atoms with E-state index in [0.717, 1.165) is 11.3 Å². The molecular weight excluding hydrogens is 218 g/mol. The fraction of sp³-hybridized carbons (Fsp3) is 0.250. The topological polar surface area (TPSA) is 62.3 Å². The second kappa shape index (κ2) is 4.37. The van der Waals surface area contributed by atoms with E-state index >= 15 is 0 Å². The van der Waals surface area contributed by atoms with Crippen LogP contribution in [0.3, 0.4) is 0 Å². The number of methoxy groups -OCH3 is 2. The third kappa shape index (κ3) is 2.04.